The number of hydrogen-bond acceptors (Lipinski definition) is 33. The molecule has 7 rings (SSSR count). The molecule has 1 aliphatic heterocycles. The number of ether oxygens (including phenoxy) is 4. The van der Waals surface area contributed by atoms with Crippen molar-refractivity contribution < 1.29 is 114 Å². The van der Waals surface area contributed by atoms with Crippen LogP contribution in [0.15, 0.2) is 58.8 Å². The van der Waals surface area contributed by atoms with E-state index in [1.807, 2.05) is 19.6 Å². The number of aliphatic hydroxyl groups excluding tert-OH is 1. The number of carboxylic acid groups (broad SMARTS) is 1. The summed E-state index contributed by atoms with van der Waals surface area (Å²) in [6.45, 7) is 16.4. The maximum atomic E-state index is 12.6. The Balaban J connectivity index is 0.000000310. The van der Waals surface area contributed by atoms with Crippen molar-refractivity contribution in [2.24, 2.45) is 16.2 Å². The Morgan fingerprint density at radius 2 is 0.861 bits per heavy atom. The summed E-state index contributed by atoms with van der Waals surface area (Å²) in [5.74, 6) is -3.30. The van der Waals surface area contributed by atoms with E-state index in [2.05, 4.69) is 30.0 Å². The third-order valence-electron chi connectivity index (χ3n) is 14.2. The second-order valence-corrected chi connectivity index (χ2v) is 39.4. The molecule has 4 atom stereocenters. The average Bonchev–Trinajstić information content (AvgIpc) is 1.58. The van der Waals surface area contributed by atoms with E-state index in [1.54, 1.807) is 14.2 Å². The van der Waals surface area contributed by atoms with Crippen LogP contribution in [0.2, 0.25) is 51.4 Å². The summed E-state index contributed by atoms with van der Waals surface area (Å²) in [5, 5.41) is 119. The van der Waals surface area contributed by atoms with Crippen LogP contribution in [-0.2, 0) is 64.1 Å². The Kier molecular flexibility index (Phi) is 28.6. The highest BCUT2D eigenvalue weighted by Crippen LogP contribution is 2.52. The zero-order valence-electron chi connectivity index (χ0n) is 56.3. The number of aliphatic carboxylic acids is 1. The van der Waals surface area contributed by atoms with Crippen LogP contribution in [0.3, 0.4) is 0 Å². The fraction of sp³-hybridized carbons (Fsp3) is 0.491. The van der Waals surface area contributed by atoms with E-state index in [0.717, 1.165) is 50.3 Å². The molecule has 0 saturated carbocycles. The van der Waals surface area contributed by atoms with E-state index in [1.165, 1.54) is 21.1 Å². The number of non-ortho nitro benzene ring substituents is 4. The lowest BCUT2D eigenvalue weighted by Gasteiger charge is -2.33. The van der Waals surface area contributed by atoms with E-state index in [0.29, 0.717) is 56.0 Å². The smallest absolute Gasteiger partial charge is 0.478 e. The van der Waals surface area contributed by atoms with Gasteiger partial charge in [0.25, 0.3) is 45.5 Å². The lowest BCUT2D eigenvalue weighted by Crippen LogP contribution is -2.51. The monoisotopic (exact) mass is 1500 g/mol. The second-order valence-electron chi connectivity index (χ2n) is 24.0. The molecule has 2 N–H and O–H groups in total. The van der Waals surface area contributed by atoms with Crippen LogP contribution >= 0.6 is 0 Å². The molecule has 0 amide bonds. The Morgan fingerprint density at radius 3 is 1.16 bits per heavy atom. The van der Waals surface area contributed by atoms with Gasteiger partial charge in [0, 0.05) is 100 Å². The number of oxime groups is 2. The first kappa shape index (κ1) is 82.1. The van der Waals surface area contributed by atoms with Crippen LogP contribution in [0.5, 0.6) is 0 Å². The first-order valence-corrected chi connectivity index (χ1v) is 40.7. The quantitative estimate of drug-likeness (QED) is 0.00921. The lowest BCUT2D eigenvalue weighted by molar-refractivity contribution is -0.395. The normalized spacial score (nSPS) is 14.3. The van der Waals surface area contributed by atoms with Gasteiger partial charge < -0.3 is 64.8 Å². The number of nitrogens with zero attached hydrogens (tertiary/aromatic N) is 10. The maximum absolute atomic E-state index is 12.6. The number of carbonyl (C=O) groups excluding carboxylic acids is 1. The van der Waals surface area contributed by atoms with Crippen molar-refractivity contribution >= 4 is 103 Å². The molecule has 101 heavy (non-hydrogen) atoms. The number of fused-ring (bicyclic) bond motifs is 6. The van der Waals surface area contributed by atoms with Gasteiger partial charge in [-0.15, -0.1) is 0 Å². The summed E-state index contributed by atoms with van der Waals surface area (Å²) < 4.78 is 55.7. The van der Waals surface area contributed by atoms with Crippen molar-refractivity contribution in [2.75, 3.05) is 74.7 Å². The molecule has 46 heteroatoms. The predicted octanol–water partition coefficient (Wildman–Crippen LogP) is 8.52. The van der Waals surface area contributed by atoms with Gasteiger partial charge in [-0.1, -0.05) is 10.3 Å². The summed E-state index contributed by atoms with van der Waals surface area (Å²) in [6, 6.07) is 7.06. The summed E-state index contributed by atoms with van der Waals surface area (Å²) in [4.78, 5) is 119. The number of aliphatic hydroxyl groups is 1. The molecule has 0 radical (unpaired) electrons. The van der Waals surface area contributed by atoms with E-state index in [-0.39, 0.29) is 35.5 Å². The molecule has 4 aromatic carbocycles. The molecule has 2 aliphatic carbocycles. The number of rotatable bonds is 37. The van der Waals surface area contributed by atoms with E-state index >= 15 is 0 Å². The summed E-state index contributed by atoms with van der Waals surface area (Å²) >= 11 is 0. The number of benzene rings is 4. The van der Waals surface area contributed by atoms with Crippen LogP contribution in [0.4, 0.5) is 45.5 Å². The van der Waals surface area contributed by atoms with Crippen molar-refractivity contribution in [2.45, 2.75) is 96.4 Å². The highest BCUT2D eigenvalue weighted by molar-refractivity contribution is 6.80. The third-order valence-corrected chi connectivity index (χ3v) is 26.0. The minimum absolute atomic E-state index is 0.148. The minimum atomic E-state index is -2.86. The first-order chi connectivity index (χ1) is 47.2. The van der Waals surface area contributed by atoms with Gasteiger partial charge in [-0.05, 0) is 66.0 Å². The maximum Gasteiger partial charge on any atom is 0.490 e. The Bertz CT molecular complexity index is 3730. The van der Waals surface area contributed by atoms with Gasteiger partial charge >= 0.3 is 29.5 Å². The summed E-state index contributed by atoms with van der Waals surface area (Å²) in [5.41, 5.74) is -10.5. The van der Waals surface area contributed by atoms with Gasteiger partial charge in [-0.25, -0.2) is 4.79 Å². The third kappa shape index (κ3) is 22.0. The molecule has 42 nitrogen and oxygen atoms in total. The fourth-order valence-corrected chi connectivity index (χ4v) is 21.6. The van der Waals surface area contributed by atoms with Crippen molar-refractivity contribution in [1.29, 1.82) is 0 Å². The Labute approximate surface area is 576 Å². The van der Waals surface area contributed by atoms with Gasteiger partial charge in [0.1, 0.15) is 36.8 Å². The molecule has 550 valence electrons. The molecule has 1 saturated heterocycles. The molecule has 0 aromatic heterocycles. The number of nitro benzene ring substituents is 8. The van der Waals surface area contributed by atoms with E-state index < -0.39 is 196 Å². The second kappa shape index (κ2) is 35.2. The standard InChI is InChI=1S/C28H37N5O16Si2.C16H9N5O11.C11H26O5Si2/c1-17(28(35)47-16-20(34)15-46-8-7-9-51(44-2,45-3)49-50(4,5)6)14-48-29-27-21-10-18(30(36)37)12-23(32(40)41)25(21)26-22(27)11-19(31(38)39)13-24(26)33(42)43;1-6(16(22)23)32-17-15-9-2-7(18(24)25)4-11(20(28)29)13(9)14-10(15)3-8(19(26)27)5-12(14)21(30)31;1-12-18(13-2,16-17(3,4)5)8-6-7-14-9-11-10-15-11/h10-13,17,20,34H,7-9,14-16H2,1-6H3;2-6H,1H3,(H,22,23);11H,6-10H2,1-5H3. The number of hydrogen-bond donors (Lipinski definition) is 2. The van der Waals surface area contributed by atoms with Crippen molar-refractivity contribution in [3.63, 3.8) is 0 Å². The molecule has 1 fully saturated rings. The molecular formula is C55H72N10O32Si4. The highest BCUT2D eigenvalue weighted by Gasteiger charge is 2.46. The van der Waals surface area contributed by atoms with Gasteiger partial charge in [0.15, 0.2) is 16.6 Å². The van der Waals surface area contributed by atoms with Crippen LogP contribution in [0.25, 0.3) is 22.3 Å². The zero-order chi connectivity index (χ0) is 75.8. The zero-order valence-corrected chi connectivity index (χ0v) is 60.3. The van der Waals surface area contributed by atoms with Crippen molar-refractivity contribution in [3.05, 3.63) is 152 Å². The fourth-order valence-electron chi connectivity index (χ4n) is 9.71. The molecule has 0 bridgehead atoms. The van der Waals surface area contributed by atoms with Crippen LogP contribution in [-0.4, -0.2) is 200 Å². The van der Waals surface area contributed by atoms with E-state index in [4.69, 9.17) is 59.7 Å². The first-order valence-electron chi connectivity index (χ1n) is 30.0. The van der Waals surface area contributed by atoms with Gasteiger partial charge in [-0.2, -0.15) is 0 Å². The number of carboxylic acids is 1. The number of esters is 1. The number of carbonyl (C=O) groups is 2. The number of nitro groups is 8. The molecule has 1 heterocycles. The summed E-state index contributed by atoms with van der Waals surface area (Å²) in [7, 11) is -2.54. The molecule has 4 aromatic rings. The van der Waals surface area contributed by atoms with E-state index in [9.17, 15) is 95.6 Å². The lowest BCUT2D eigenvalue weighted by atomic mass is 10.0. The molecular weight excluding hydrogens is 1420 g/mol. The Hall–Kier alpha value is -9.57. The number of epoxide rings is 1. The largest absolute Gasteiger partial charge is 0.490 e. The van der Waals surface area contributed by atoms with Crippen molar-refractivity contribution in [3.8, 4) is 22.3 Å². The molecule has 3 aliphatic rings. The summed E-state index contributed by atoms with van der Waals surface area (Å²) in [6.07, 6.45) is -0.965. The SMILES string of the molecule is CC(ON=C1c2cc([N+](=O)[O-])cc([N+](=O)[O-])c2-c2c1cc([N+](=O)[O-])cc2[N+](=O)[O-])C(=O)O.CO[Si](CCCOCC(O)COC(=O)C(C)CON=C1c2cc([N+](=O)[O-])cc([N+](=O)[O-])c2-c2c1cc([N+](=O)[O-])cc2[N+](=O)[O-])(OC)O[Si](C)(C)C.CO[Si](CCCOCC1CO1)(OC)O[Si](C)(C)C. The predicted molar refractivity (Wildman–Crippen MR) is 357 cm³/mol. The van der Waals surface area contributed by atoms with Crippen LogP contribution in [0, 0.1) is 86.8 Å². The minimum Gasteiger partial charge on any atom is -0.478 e. The van der Waals surface area contributed by atoms with Gasteiger partial charge in [-0.3, -0.25) is 85.7 Å². The highest BCUT2D eigenvalue weighted by atomic mass is 28.5. The Morgan fingerprint density at radius 1 is 0.525 bits per heavy atom. The molecule has 4 unspecified atom stereocenters. The van der Waals surface area contributed by atoms with Gasteiger partial charge in [0.05, 0.1) is 112 Å². The van der Waals surface area contributed by atoms with Crippen LogP contribution in [0.1, 0.15) is 48.9 Å². The van der Waals surface area contributed by atoms with Gasteiger partial charge in [0.2, 0.25) is 6.10 Å². The van der Waals surface area contributed by atoms with Crippen molar-refractivity contribution in [1.82, 2.24) is 0 Å². The van der Waals surface area contributed by atoms with Crippen LogP contribution < -0.4 is 0 Å². The average molecular weight is 1500 g/mol. The topological polar surface area (TPSA) is 558 Å². The molecule has 0 spiro atoms.